The molecule has 2 aromatic carbocycles. The molecule has 1 atom stereocenters. The lowest BCUT2D eigenvalue weighted by Gasteiger charge is -2.22. The van der Waals surface area contributed by atoms with Crippen molar-refractivity contribution in [3.05, 3.63) is 48.0 Å². The van der Waals surface area contributed by atoms with E-state index in [0.717, 1.165) is 18.5 Å². The third-order valence-corrected chi connectivity index (χ3v) is 5.69. The van der Waals surface area contributed by atoms with E-state index in [1.54, 1.807) is 11.3 Å². The predicted octanol–water partition coefficient (Wildman–Crippen LogP) is 4.77. The number of thiophene rings is 1. The summed E-state index contributed by atoms with van der Waals surface area (Å²) >= 11 is 1.79. The number of piperidine rings is 1. The van der Waals surface area contributed by atoms with Crippen molar-refractivity contribution in [2.45, 2.75) is 31.7 Å². The van der Waals surface area contributed by atoms with E-state index in [1.165, 1.54) is 33.0 Å². The zero-order valence-electron chi connectivity index (χ0n) is 12.5. The van der Waals surface area contributed by atoms with Crippen molar-refractivity contribution in [2.24, 2.45) is 0 Å². The van der Waals surface area contributed by atoms with Crippen LogP contribution in [0, 0.1) is 0 Å². The average molecular weight is 309 g/mol. The van der Waals surface area contributed by atoms with E-state index in [9.17, 15) is 4.79 Å². The van der Waals surface area contributed by atoms with Crippen molar-refractivity contribution >= 4 is 37.3 Å². The SMILES string of the molecule is O=C(CC1CCCCN1)c1ccc2sc3ccccc3c2c1. The normalized spacial score (nSPS) is 18.8. The summed E-state index contributed by atoms with van der Waals surface area (Å²) in [4.78, 5) is 12.6. The standard InChI is InChI=1S/C19H19NOS/c21-17(12-14-5-3-4-10-20-14)13-8-9-19-16(11-13)15-6-1-2-7-18(15)22-19/h1-2,6-9,11,14,20H,3-5,10,12H2. The molecule has 1 aliphatic rings. The van der Waals surface area contributed by atoms with E-state index in [-0.39, 0.29) is 5.78 Å². The third kappa shape index (κ3) is 2.55. The topological polar surface area (TPSA) is 29.1 Å². The molecule has 1 unspecified atom stereocenters. The van der Waals surface area contributed by atoms with Crippen LogP contribution in [0.15, 0.2) is 42.5 Å². The van der Waals surface area contributed by atoms with Crippen LogP contribution in [0.25, 0.3) is 20.2 Å². The lowest BCUT2D eigenvalue weighted by molar-refractivity contribution is 0.0964. The Hall–Kier alpha value is -1.71. The number of rotatable bonds is 3. The van der Waals surface area contributed by atoms with Gasteiger partial charge in [0, 0.05) is 38.2 Å². The Kier molecular flexibility index (Phi) is 3.68. The first kappa shape index (κ1) is 13.9. The van der Waals surface area contributed by atoms with Crippen LogP contribution in [-0.2, 0) is 0 Å². The fourth-order valence-electron chi connectivity index (χ4n) is 3.34. The number of Topliss-reactive ketones (excluding diaryl/α,β-unsaturated/α-hetero) is 1. The maximum atomic E-state index is 12.6. The molecule has 0 radical (unpaired) electrons. The number of hydrogen-bond acceptors (Lipinski definition) is 3. The van der Waals surface area contributed by atoms with Crippen LogP contribution in [0.5, 0.6) is 0 Å². The summed E-state index contributed by atoms with van der Waals surface area (Å²) < 4.78 is 2.55. The Morgan fingerprint density at radius 3 is 2.82 bits per heavy atom. The summed E-state index contributed by atoms with van der Waals surface area (Å²) in [6.45, 7) is 1.05. The molecule has 1 saturated heterocycles. The largest absolute Gasteiger partial charge is 0.314 e. The molecule has 1 aromatic heterocycles. The average Bonchev–Trinajstić information content (AvgIpc) is 2.93. The zero-order valence-corrected chi connectivity index (χ0v) is 13.3. The highest BCUT2D eigenvalue weighted by atomic mass is 32.1. The van der Waals surface area contributed by atoms with Crippen LogP contribution < -0.4 is 5.32 Å². The van der Waals surface area contributed by atoms with Gasteiger partial charge in [-0.05, 0) is 43.7 Å². The molecular weight excluding hydrogens is 290 g/mol. The number of ketones is 1. The van der Waals surface area contributed by atoms with Crippen molar-refractivity contribution in [3.63, 3.8) is 0 Å². The van der Waals surface area contributed by atoms with Crippen LogP contribution in [0.4, 0.5) is 0 Å². The second-order valence-electron chi connectivity index (χ2n) is 6.08. The Balaban J connectivity index is 1.66. The number of nitrogens with one attached hydrogen (secondary N) is 1. The van der Waals surface area contributed by atoms with Gasteiger partial charge in [0.1, 0.15) is 0 Å². The van der Waals surface area contributed by atoms with Gasteiger partial charge in [0.15, 0.2) is 5.78 Å². The molecule has 0 saturated carbocycles. The van der Waals surface area contributed by atoms with E-state index in [4.69, 9.17) is 0 Å². The number of carbonyl (C=O) groups excluding carboxylic acids is 1. The molecule has 1 N–H and O–H groups in total. The predicted molar refractivity (Wildman–Crippen MR) is 93.9 cm³/mol. The fraction of sp³-hybridized carbons (Fsp3) is 0.316. The Morgan fingerprint density at radius 1 is 1.09 bits per heavy atom. The minimum absolute atomic E-state index is 0.261. The van der Waals surface area contributed by atoms with Gasteiger partial charge in [-0.25, -0.2) is 0 Å². The molecule has 2 heterocycles. The van der Waals surface area contributed by atoms with Crippen molar-refractivity contribution in [1.82, 2.24) is 5.32 Å². The third-order valence-electron chi connectivity index (χ3n) is 4.54. The van der Waals surface area contributed by atoms with Gasteiger partial charge < -0.3 is 5.32 Å². The Labute approximate surface area is 134 Å². The van der Waals surface area contributed by atoms with Crippen molar-refractivity contribution in [3.8, 4) is 0 Å². The van der Waals surface area contributed by atoms with Crippen molar-refractivity contribution in [1.29, 1.82) is 0 Å². The van der Waals surface area contributed by atoms with Crippen molar-refractivity contribution < 1.29 is 4.79 Å². The van der Waals surface area contributed by atoms with Gasteiger partial charge in [0.2, 0.25) is 0 Å². The summed E-state index contributed by atoms with van der Waals surface area (Å²) in [5, 5.41) is 5.93. The molecule has 0 bridgehead atoms. The summed E-state index contributed by atoms with van der Waals surface area (Å²) in [5.41, 5.74) is 0.850. The highest BCUT2D eigenvalue weighted by Gasteiger charge is 2.18. The molecule has 4 rings (SSSR count). The number of fused-ring (bicyclic) bond motifs is 3. The molecule has 0 spiro atoms. The molecule has 3 heteroatoms. The molecule has 3 aromatic rings. The molecule has 1 aliphatic heterocycles. The Bertz CT molecular complexity index is 830. The van der Waals surface area contributed by atoms with Crippen LogP contribution in [-0.4, -0.2) is 18.4 Å². The highest BCUT2D eigenvalue weighted by Crippen LogP contribution is 2.34. The molecule has 2 nitrogen and oxygen atoms in total. The molecular formula is C19H19NOS. The molecule has 1 fully saturated rings. The summed E-state index contributed by atoms with van der Waals surface area (Å²) in [6.07, 6.45) is 4.21. The van der Waals surface area contributed by atoms with Crippen LogP contribution in [0.3, 0.4) is 0 Å². The maximum Gasteiger partial charge on any atom is 0.164 e. The van der Waals surface area contributed by atoms with Gasteiger partial charge in [-0.15, -0.1) is 11.3 Å². The second-order valence-corrected chi connectivity index (χ2v) is 7.17. The molecule has 22 heavy (non-hydrogen) atoms. The van der Waals surface area contributed by atoms with E-state index in [2.05, 4.69) is 41.7 Å². The summed E-state index contributed by atoms with van der Waals surface area (Å²) in [6, 6.07) is 15.0. The Morgan fingerprint density at radius 2 is 1.95 bits per heavy atom. The fourth-order valence-corrected chi connectivity index (χ4v) is 4.43. The number of carbonyl (C=O) groups is 1. The second kappa shape index (κ2) is 5.82. The first-order valence-corrected chi connectivity index (χ1v) is 8.81. The minimum atomic E-state index is 0.261. The van der Waals surface area contributed by atoms with Gasteiger partial charge >= 0.3 is 0 Å². The zero-order chi connectivity index (χ0) is 14.9. The minimum Gasteiger partial charge on any atom is -0.314 e. The van der Waals surface area contributed by atoms with Gasteiger partial charge in [-0.1, -0.05) is 24.6 Å². The van der Waals surface area contributed by atoms with Gasteiger partial charge in [-0.2, -0.15) is 0 Å². The number of hydrogen-bond donors (Lipinski definition) is 1. The van der Waals surface area contributed by atoms with Gasteiger partial charge in [0.25, 0.3) is 0 Å². The molecule has 0 amide bonds. The van der Waals surface area contributed by atoms with Crippen molar-refractivity contribution in [2.75, 3.05) is 6.54 Å². The van der Waals surface area contributed by atoms with E-state index in [1.807, 2.05) is 6.07 Å². The lowest BCUT2D eigenvalue weighted by Crippen LogP contribution is -2.35. The van der Waals surface area contributed by atoms with E-state index < -0.39 is 0 Å². The van der Waals surface area contributed by atoms with Crippen LogP contribution in [0.2, 0.25) is 0 Å². The van der Waals surface area contributed by atoms with E-state index >= 15 is 0 Å². The lowest BCUT2D eigenvalue weighted by atomic mass is 9.96. The highest BCUT2D eigenvalue weighted by molar-refractivity contribution is 7.25. The monoisotopic (exact) mass is 309 g/mol. The van der Waals surface area contributed by atoms with Gasteiger partial charge in [-0.3, -0.25) is 4.79 Å². The van der Waals surface area contributed by atoms with Crippen LogP contribution >= 0.6 is 11.3 Å². The van der Waals surface area contributed by atoms with E-state index in [0.29, 0.717) is 12.5 Å². The molecule has 0 aliphatic carbocycles. The summed E-state index contributed by atoms with van der Waals surface area (Å²) in [7, 11) is 0. The van der Waals surface area contributed by atoms with Crippen LogP contribution in [0.1, 0.15) is 36.0 Å². The quantitative estimate of drug-likeness (QED) is 0.706. The molecule has 112 valence electrons. The summed E-state index contributed by atoms with van der Waals surface area (Å²) in [5.74, 6) is 0.261. The first-order chi connectivity index (χ1) is 10.8. The van der Waals surface area contributed by atoms with Gasteiger partial charge in [0.05, 0.1) is 0 Å². The maximum absolute atomic E-state index is 12.6. The first-order valence-electron chi connectivity index (χ1n) is 7.99. The smallest absolute Gasteiger partial charge is 0.164 e. The number of benzene rings is 2.